The first-order valence-electron chi connectivity index (χ1n) is 8.78. The van der Waals surface area contributed by atoms with Crippen LogP contribution in [-0.4, -0.2) is 24.2 Å². The SMILES string of the molecule is O=C(Nc1ccccc1)NC1C[C@H]2CC[C@@H](C1)[NH+]2Cc1ccco1. The maximum Gasteiger partial charge on any atom is 0.319 e. The predicted octanol–water partition coefficient (Wildman–Crippen LogP) is 2.18. The molecule has 2 aromatic rings. The lowest BCUT2D eigenvalue weighted by Gasteiger charge is -2.35. The molecule has 2 saturated heterocycles. The predicted molar refractivity (Wildman–Crippen MR) is 91.8 cm³/mol. The van der Waals surface area contributed by atoms with Crippen LogP contribution in [-0.2, 0) is 6.54 Å². The molecule has 0 spiro atoms. The highest BCUT2D eigenvalue weighted by atomic mass is 16.3. The summed E-state index contributed by atoms with van der Waals surface area (Å²) in [6, 6.07) is 15.0. The Morgan fingerprint density at radius 2 is 1.83 bits per heavy atom. The summed E-state index contributed by atoms with van der Waals surface area (Å²) in [5, 5.41) is 6.08. The van der Waals surface area contributed by atoms with Gasteiger partial charge >= 0.3 is 6.03 Å². The van der Waals surface area contributed by atoms with Crippen molar-refractivity contribution in [3.8, 4) is 0 Å². The molecule has 0 radical (unpaired) electrons. The van der Waals surface area contributed by atoms with Gasteiger partial charge in [0.25, 0.3) is 0 Å². The molecule has 0 saturated carbocycles. The summed E-state index contributed by atoms with van der Waals surface area (Å²) in [5.41, 5.74) is 0.832. The van der Waals surface area contributed by atoms with E-state index in [1.165, 1.54) is 12.8 Å². The van der Waals surface area contributed by atoms with Gasteiger partial charge in [-0.3, -0.25) is 0 Å². The Morgan fingerprint density at radius 1 is 1.08 bits per heavy atom. The quantitative estimate of drug-likeness (QED) is 0.806. The van der Waals surface area contributed by atoms with Gasteiger partial charge in [0.1, 0.15) is 6.54 Å². The smallest absolute Gasteiger partial charge is 0.319 e. The molecule has 24 heavy (non-hydrogen) atoms. The third-order valence-electron chi connectivity index (χ3n) is 5.38. The second kappa shape index (κ2) is 6.69. The van der Waals surface area contributed by atoms with E-state index in [9.17, 15) is 4.79 Å². The molecule has 1 aromatic heterocycles. The Hall–Kier alpha value is -2.27. The van der Waals surface area contributed by atoms with E-state index in [0.717, 1.165) is 30.8 Å². The number of quaternary nitrogens is 1. The highest BCUT2D eigenvalue weighted by Gasteiger charge is 2.45. The Kier molecular flexibility index (Phi) is 4.26. The van der Waals surface area contributed by atoms with Gasteiger partial charge in [0, 0.05) is 37.4 Å². The van der Waals surface area contributed by atoms with Crippen molar-refractivity contribution >= 4 is 11.7 Å². The molecule has 126 valence electrons. The molecule has 1 aromatic carbocycles. The molecule has 2 unspecified atom stereocenters. The van der Waals surface area contributed by atoms with Gasteiger partial charge in [0.05, 0.1) is 18.3 Å². The maximum atomic E-state index is 12.2. The van der Waals surface area contributed by atoms with Crippen molar-refractivity contribution in [2.75, 3.05) is 5.32 Å². The fraction of sp³-hybridized carbons (Fsp3) is 0.421. The molecule has 4 atom stereocenters. The standard InChI is InChI=1S/C19H23N3O2/c23-19(20-14-5-2-1-3-6-14)21-15-11-16-8-9-17(12-15)22(16)13-18-7-4-10-24-18/h1-7,10,15-17H,8-9,11-13H2,(H2,20,21,23)/p+1/t15?,16-,17+. The minimum Gasteiger partial charge on any atom is -0.463 e. The van der Waals surface area contributed by atoms with Crippen LogP contribution in [0.4, 0.5) is 10.5 Å². The number of nitrogens with one attached hydrogen (secondary N) is 3. The fourth-order valence-corrected chi connectivity index (χ4v) is 4.32. The van der Waals surface area contributed by atoms with E-state index in [4.69, 9.17) is 4.42 Å². The lowest BCUT2D eigenvalue weighted by atomic mass is 9.97. The third-order valence-corrected chi connectivity index (χ3v) is 5.38. The van der Waals surface area contributed by atoms with Gasteiger partial charge in [-0.05, 0) is 24.3 Å². The summed E-state index contributed by atoms with van der Waals surface area (Å²) in [7, 11) is 0. The van der Waals surface area contributed by atoms with Crippen molar-refractivity contribution in [1.82, 2.24) is 5.32 Å². The van der Waals surface area contributed by atoms with Gasteiger partial charge in [0.2, 0.25) is 0 Å². The number of para-hydroxylation sites is 1. The van der Waals surface area contributed by atoms with Crippen molar-refractivity contribution in [2.24, 2.45) is 0 Å². The van der Waals surface area contributed by atoms with Crippen LogP contribution >= 0.6 is 0 Å². The number of carbonyl (C=O) groups excluding carboxylic acids is 1. The van der Waals surface area contributed by atoms with Crippen LogP contribution in [0.2, 0.25) is 0 Å². The van der Waals surface area contributed by atoms with Crippen molar-refractivity contribution in [3.05, 3.63) is 54.5 Å². The topological polar surface area (TPSA) is 58.7 Å². The molecular formula is C19H24N3O2+. The molecule has 4 rings (SSSR count). The molecule has 5 heteroatoms. The van der Waals surface area contributed by atoms with Gasteiger partial charge in [-0.25, -0.2) is 4.79 Å². The average Bonchev–Trinajstić information content (AvgIpc) is 3.16. The molecule has 2 aliphatic rings. The highest BCUT2D eigenvalue weighted by Crippen LogP contribution is 2.23. The zero-order valence-electron chi connectivity index (χ0n) is 13.7. The van der Waals surface area contributed by atoms with E-state index in [1.807, 2.05) is 36.4 Å². The van der Waals surface area contributed by atoms with Crippen LogP contribution < -0.4 is 15.5 Å². The Bertz CT molecular complexity index is 657. The summed E-state index contributed by atoms with van der Waals surface area (Å²) in [6.07, 6.45) is 6.35. The summed E-state index contributed by atoms with van der Waals surface area (Å²) < 4.78 is 5.52. The molecule has 2 amide bonds. The van der Waals surface area contributed by atoms with Crippen LogP contribution in [0.15, 0.2) is 53.1 Å². The first-order chi connectivity index (χ1) is 11.8. The second-order valence-corrected chi connectivity index (χ2v) is 6.94. The molecule has 2 fully saturated rings. The number of benzene rings is 1. The number of fused-ring (bicyclic) bond motifs is 2. The van der Waals surface area contributed by atoms with Crippen LogP contribution in [0.25, 0.3) is 0 Å². The Labute approximate surface area is 142 Å². The fourth-order valence-electron chi connectivity index (χ4n) is 4.32. The van der Waals surface area contributed by atoms with E-state index in [1.54, 1.807) is 11.2 Å². The zero-order valence-corrected chi connectivity index (χ0v) is 13.7. The average molecular weight is 326 g/mol. The number of hydrogen-bond donors (Lipinski definition) is 3. The first-order valence-corrected chi connectivity index (χ1v) is 8.78. The van der Waals surface area contributed by atoms with Gasteiger partial charge < -0.3 is 20.0 Å². The van der Waals surface area contributed by atoms with Gasteiger partial charge in [0.15, 0.2) is 5.76 Å². The first kappa shape index (κ1) is 15.3. The third kappa shape index (κ3) is 3.31. The van der Waals surface area contributed by atoms with Crippen LogP contribution in [0.1, 0.15) is 31.4 Å². The number of amides is 2. The largest absolute Gasteiger partial charge is 0.463 e. The summed E-state index contributed by atoms with van der Waals surface area (Å²) in [4.78, 5) is 13.8. The second-order valence-electron chi connectivity index (χ2n) is 6.94. The zero-order chi connectivity index (χ0) is 16.4. The van der Waals surface area contributed by atoms with E-state index in [0.29, 0.717) is 12.1 Å². The number of piperidine rings is 1. The molecule has 3 N–H and O–H groups in total. The highest BCUT2D eigenvalue weighted by molar-refractivity contribution is 5.89. The van der Waals surface area contributed by atoms with Gasteiger partial charge in [-0.15, -0.1) is 0 Å². The molecule has 3 heterocycles. The molecule has 2 bridgehead atoms. The van der Waals surface area contributed by atoms with Crippen molar-refractivity contribution < 1.29 is 14.1 Å². The van der Waals surface area contributed by atoms with Gasteiger partial charge in [-0.2, -0.15) is 0 Å². The van der Waals surface area contributed by atoms with Gasteiger partial charge in [-0.1, -0.05) is 18.2 Å². The molecule has 2 aliphatic heterocycles. The molecule has 0 aliphatic carbocycles. The maximum absolute atomic E-state index is 12.2. The van der Waals surface area contributed by atoms with Crippen LogP contribution in [0.3, 0.4) is 0 Å². The van der Waals surface area contributed by atoms with E-state index in [2.05, 4.69) is 16.7 Å². The minimum absolute atomic E-state index is 0.0971. The summed E-state index contributed by atoms with van der Waals surface area (Å²) >= 11 is 0. The van der Waals surface area contributed by atoms with E-state index >= 15 is 0 Å². The molecule has 5 nitrogen and oxygen atoms in total. The summed E-state index contributed by atoms with van der Waals surface area (Å²) in [6.45, 7) is 0.964. The number of hydrogen-bond acceptors (Lipinski definition) is 2. The van der Waals surface area contributed by atoms with Crippen molar-refractivity contribution in [2.45, 2.75) is 50.4 Å². The number of rotatable bonds is 4. The minimum atomic E-state index is -0.0971. The number of anilines is 1. The lowest BCUT2D eigenvalue weighted by Crippen LogP contribution is -3.17. The number of furan rings is 1. The Balaban J connectivity index is 1.32. The van der Waals surface area contributed by atoms with E-state index < -0.39 is 0 Å². The summed E-state index contributed by atoms with van der Waals surface area (Å²) in [5.74, 6) is 1.06. The van der Waals surface area contributed by atoms with Crippen molar-refractivity contribution in [1.29, 1.82) is 0 Å². The van der Waals surface area contributed by atoms with Crippen LogP contribution in [0.5, 0.6) is 0 Å². The van der Waals surface area contributed by atoms with Crippen molar-refractivity contribution in [3.63, 3.8) is 0 Å². The van der Waals surface area contributed by atoms with Crippen LogP contribution in [0, 0.1) is 0 Å². The number of carbonyl (C=O) groups is 1. The lowest BCUT2D eigenvalue weighted by molar-refractivity contribution is -0.955. The number of urea groups is 1. The molecular weight excluding hydrogens is 302 g/mol. The Morgan fingerprint density at radius 3 is 2.50 bits per heavy atom. The van der Waals surface area contributed by atoms with E-state index in [-0.39, 0.29) is 12.1 Å². The monoisotopic (exact) mass is 326 g/mol. The normalized spacial score (nSPS) is 28.5.